The highest BCUT2D eigenvalue weighted by Crippen LogP contribution is 2.33. The lowest BCUT2D eigenvalue weighted by Crippen LogP contribution is -2.61. The van der Waals surface area contributed by atoms with Gasteiger partial charge in [-0.3, -0.25) is 9.59 Å². The molecule has 0 bridgehead atoms. The number of hydrogen-bond acceptors (Lipinski definition) is 3. The fourth-order valence-electron chi connectivity index (χ4n) is 4.03. The minimum absolute atomic E-state index is 0.0622. The summed E-state index contributed by atoms with van der Waals surface area (Å²) in [4.78, 5) is 30.1. The van der Waals surface area contributed by atoms with Crippen molar-refractivity contribution in [3.05, 3.63) is 65.2 Å². The van der Waals surface area contributed by atoms with Gasteiger partial charge in [-0.05, 0) is 43.5 Å². The van der Waals surface area contributed by atoms with Gasteiger partial charge in [0.05, 0.1) is 23.7 Å². The van der Waals surface area contributed by atoms with Crippen LogP contribution in [0.3, 0.4) is 0 Å². The highest BCUT2D eigenvalue weighted by atomic mass is 35.5. The number of morpholine rings is 1. The van der Waals surface area contributed by atoms with Crippen LogP contribution in [0.15, 0.2) is 54.6 Å². The van der Waals surface area contributed by atoms with Gasteiger partial charge >= 0.3 is 0 Å². The second-order valence-corrected chi connectivity index (χ2v) is 7.71. The van der Waals surface area contributed by atoms with E-state index in [1.165, 1.54) is 0 Å². The Morgan fingerprint density at radius 3 is 2.54 bits per heavy atom. The first kappa shape index (κ1) is 19.0. The van der Waals surface area contributed by atoms with Gasteiger partial charge in [0.25, 0.3) is 11.8 Å². The third-order valence-electron chi connectivity index (χ3n) is 5.49. The SMILES string of the molecule is O=C(c1ccccc1Cl)N1CCOC2(CCCCN(c3ccccc3)C2=O)C1. The van der Waals surface area contributed by atoms with Crippen molar-refractivity contribution in [3.8, 4) is 0 Å². The molecular formula is C22H23ClN2O3. The van der Waals surface area contributed by atoms with E-state index >= 15 is 0 Å². The molecule has 28 heavy (non-hydrogen) atoms. The van der Waals surface area contributed by atoms with E-state index in [1.807, 2.05) is 30.3 Å². The molecule has 2 aliphatic rings. The van der Waals surface area contributed by atoms with Gasteiger partial charge in [-0.15, -0.1) is 0 Å². The zero-order valence-electron chi connectivity index (χ0n) is 15.6. The number of benzene rings is 2. The third kappa shape index (κ3) is 3.52. The van der Waals surface area contributed by atoms with Crippen LogP contribution < -0.4 is 4.90 Å². The van der Waals surface area contributed by atoms with Crippen LogP contribution in [0.25, 0.3) is 0 Å². The molecule has 2 aromatic rings. The number of hydrogen-bond donors (Lipinski definition) is 0. The van der Waals surface area contributed by atoms with Crippen molar-refractivity contribution < 1.29 is 14.3 Å². The molecule has 2 heterocycles. The fraction of sp³-hybridized carbons (Fsp3) is 0.364. The quantitative estimate of drug-likeness (QED) is 0.773. The summed E-state index contributed by atoms with van der Waals surface area (Å²) < 4.78 is 6.08. The maximum Gasteiger partial charge on any atom is 0.261 e. The molecule has 2 aliphatic heterocycles. The van der Waals surface area contributed by atoms with Crippen molar-refractivity contribution in [1.29, 1.82) is 0 Å². The van der Waals surface area contributed by atoms with Gasteiger partial charge < -0.3 is 14.5 Å². The summed E-state index contributed by atoms with van der Waals surface area (Å²) in [6.45, 7) is 1.70. The molecular weight excluding hydrogens is 376 g/mol. The van der Waals surface area contributed by atoms with Crippen LogP contribution in [0.4, 0.5) is 5.69 Å². The molecule has 6 heteroatoms. The molecule has 1 spiro atoms. The molecule has 2 aromatic carbocycles. The number of carbonyl (C=O) groups is 2. The second-order valence-electron chi connectivity index (χ2n) is 7.30. The van der Waals surface area contributed by atoms with Crippen LogP contribution in [0.1, 0.15) is 29.6 Å². The van der Waals surface area contributed by atoms with Gasteiger partial charge in [0.1, 0.15) is 0 Å². The van der Waals surface area contributed by atoms with Crippen LogP contribution in [0.5, 0.6) is 0 Å². The zero-order chi connectivity index (χ0) is 19.6. The third-order valence-corrected chi connectivity index (χ3v) is 5.82. The van der Waals surface area contributed by atoms with E-state index < -0.39 is 5.60 Å². The molecule has 1 unspecified atom stereocenters. The van der Waals surface area contributed by atoms with Crippen molar-refractivity contribution >= 4 is 29.1 Å². The minimum Gasteiger partial charge on any atom is -0.361 e. The molecule has 146 valence electrons. The molecule has 1 atom stereocenters. The van der Waals surface area contributed by atoms with E-state index in [4.69, 9.17) is 16.3 Å². The summed E-state index contributed by atoms with van der Waals surface area (Å²) in [7, 11) is 0. The van der Waals surface area contributed by atoms with E-state index in [-0.39, 0.29) is 18.4 Å². The van der Waals surface area contributed by atoms with Gasteiger partial charge in [-0.2, -0.15) is 0 Å². The Bertz CT molecular complexity index is 873. The van der Waals surface area contributed by atoms with E-state index in [1.54, 1.807) is 34.1 Å². The predicted molar refractivity (Wildman–Crippen MR) is 109 cm³/mol. The number of amides is 2. The molecule has 0 saturated carbocycles. The fourth-order valence-corrected chi connectivity index (χ4v) is 4.25. The van der Waals surface area contributed by atoms with E-state index in [9.17, 15) is 9.59 Å². The lowest BCUT2D eigenvalue weighted by molar-refractivity contribution is -0.155. The van der Waals surface area contributed by atoms with Crippen LogP contribution in [-0.2, 0) is 9.53 Å². The Hall–Kier alpha value is -2.37. The van der Waals surface area contributed by atoms with Crippen molar-refractivity contribution in [1.82, 2.24) is 4.90 Å². The summed E-state index contributed by atoms with van der Waals surface area (Å²) in [5.41, 5.74) is 0.329. The second kappa shape index (κ2) is 7.94. The highest BCUT2D eigenvalue weighted by Gasteiger charge is 2.48. The topological polar surface area (TPSA) is 49.9 Å². The largest absolute Gasteiger partial charge is 0.361 e. The minimum atomic E-state index is -0.999. The molecule has 0 aromatic heterocycles. The van der Waals surface area contributed by atoms with Gasteiger partial charge in [0, 0.05) is 18.8 Å². The molecule has 2 saturated heterocycles. The van der Waals surface area contributed by atoms with E-state index in [0.29, 0.717) is 36.7 Å². The molecule has 2 fully saturated rings. The first-order chi connectivity index (χ1) is 13.6. The number of halogens is 1. The van der Waals surface area contributed by atoms with Crippen molar-refractivity contribution in [2.75, 3.05) is 31.1 Å². The molecule has 0 N–H and O–H groups in total. The lowest BCUT2D eigenvalue weighted by Gasteiger charge is -2.42. The number of para-hydroxylation sites is 1. The Morgan fingerprint density at radius 2 is 1.75 bits per heavy atom. The van der Waals surface area contributed by atoms with Crippen LogP contribution in [0, 0.1) is 0 Å². The standard InChI is InChI=1S/C22H23ClN2O3/c23-19-11-5-4-10-18(19)20(26)24-14-15-28-22(16-24)12-6-7-13-25(21(22)27)17-8-2-1-3-9-17/h1-5,8-11H,6-7,12-16H2. The molecule has 5 nitrogen and oxygen atoms in total. The molecule has 4 rings (SSSR count). The maximum atomic E-state index is 13.5. The number of nitrogens with zero attached hydrogens (tertiary/aromatic N) is 2. The van der Waals surface area contributed by atoms with Crippen LogP contribution >= 0.6 is 11.6 Å². The summed E-state index contributed by atoms with van der Waals surface area (Å²) >= 11 is 6.22. The smallest absolute Gasteiger partial charge is 0.261 e. The van der Waals surface area contributed by atoms with Crippen LogP contribution in [-0.4, -0.2) is 48.6 Å². The summed E-state index contributed by atoms with van der Waals surface area (Å²) in [5.74, 6) is -0.218. The van der Waals surface area contributed by atoms with Gasteiger partial charge in [0.2, 0.25) is 0 Å². The number of ether oxygens (including phenoxy) is 1. The Balaban J connectivity index is 1.61. The first-order valence-electron chi connectivity index (χ1n) is 9.65. The van der Waals surface area contributed by atoms with Crippen molar-refractivity contribution in [3.63, 3.8) is 0 Å². The lowest BCUT2D eigenvalue weighted by atomic mass is 9.93. The van der Waals surface area contributed by atoms with Crippen LogP contribution in [0.2, 0.25) is 5.02 Å². The monoisotopic (exact) mass is 398 g/mol. The highest BCUT2D eigenvalue weighted by molar-refractivity contribution is 6.33. The predicted octanol–water partition coefficient (Wildman–Crippen LogP) is 3.77. The summed E-state index contributed by atoms with van der Waals surface area (Å²) in [6, 6.07) is 16.7. The van der Waals surface area contributed by atoms with Crippen molar-refractivity contribution in [2.24, 2.45) is 0 Å². The van der Waals surface area contributed by atoms with E-state index in [2.05, 4.69) is 0 Å². The average molecular weight is 399 g/mol. The Kier molecular flexibility index (Phi) is 5.38. The number of anilines is 1. The molecule has 2 amide bonds. The first-order valence-corrected chi connectivity index (χ1v) is 10.0. The number of carbonyl (C=O) groups excluding carboxylic acids is 2. The van der Waals surface area contributed by atoms with Crippen molar-refractivity contribution in [2.45, 2.75) is 24.9 Å². The van der Waals surface area contributed by atoms with Gasteiger partial charge in [-0.1, -0.05) is 41.9 Å². The maximum absolute atomic E-state index is 13.5. The van der Waals surface area contributed by atoms with Gasteiger partial charge in [0.15, 0.2) is 5.60 Å². The molecule has 0 aliphatic carbocycles. The average Bonchev–Trinajstić information content (AvgIpc) is 2.88. The normalized spacial score (nSPS) is 23.0. The zero-order valence-corrected chi connectivity index (χ0v) is 16.4. The number of rotatable bonds is 2. The Morgan fingerprint density at radius 1 is 1.00 bits per heavy atom. The van der Waals surface area contributed by atoms with E-state index in [0.717, 1.165) is 18.5 Å². The van der Waals surface area contributed by atoms with Gasteiger partial charge in [-0.25, -0.2) is 0 Å². The summed E-state index contributed by atoms with van der Waals surface area (Å²) in [6.07, 6.45) is 2.40. The molecule has 0 radical (unpaired) electrons. The Labute approximate surface area is 169 Å². The summed E-state index contributed by atoms with van der Waals surface area (Å²) in [5, 5.41) is 0.422.